The van der Waals surface area contributed by atoms with Gasteiger partial charge in [-0.25, -0.2) is 0 Å². The maximum atomic E-state index is 12.5. The summed E-state index contributed by atoms with van der Waals surface area (Å²) in [7, 11) is 1.75. The molecule has 1 amide bonds. The average Bonchev–Trinajstić information content (AvgIpc) is 3.01. The normalized spacial score (nSPS) is 16.7. The predicted octanol–water partition coefficient (Wildman–Crippen LogP) is 1.84. The van der Waals surface area contributed by atoms with Crippen molar-refractivity contribution >= 4 is 5.91 Å². The molecule has 2 aromatic rings. The van der Waals surface area contributed by atoms with Gasteiger partial charge < -0.3 is 14.2 Å². The topological polar surface area (TPSA) is 68.5 Å². The van der Waals surface area contributed by atoms with Crippen LogP contribution >= 0.6 is 0 Å². The summed E-state index contributed by atoms with van der Waals surface area (Å²) in [6.45, 7) is 2.69. The van der Waals surface area contributed by atoms with Crippen molar-refractivity contribution in [1.82, 2.24) is 15.0 Å². The fourth-order valence-electron chi connectivity index (χ4n) is 2.58. The average molecular weight is 301 g/mol. The molecule has 3 rings (SSSR count). The van der Waals surface area contributed by atoms with Crippen molar-refractivity contribution in [2.75, 3.05) is 13.7 Å². The SMILES string of the molecule is CCc1noc(CN(C)C(=O)[C@@H]2COc3ccccc3C2)n1. The van der Waals surface area contributed by atoms with E-state index in [1.54, 1.807) is 11.9 Å². The molecule has 0 fully saturated rings. The van der Waals surface area contributed by atoms with Gasteiger partial charge in [0.05, 0.1) is 12.5 Å². The van der Waals surface area contributed by atoms with Crippen LogP contribution in [-0.4, -0.2) is 34.6 Å². The number of carbonyl (C=O) groups is 1. The number of para-hydroxylation sites is 1. The molecule has 0 aliphatic carbocycles. The van der Waals surface area contributed by atoms with Crippen LogP contribution in [0, 0.1) is 5.92 Å². The fourth-order valence-corrected chi connectivity index (χ4v) is 2.58. The molecule has 22 heavy (non-hydrogen) atoms. The number of amides is 1. The van der Waals surface area contributed by atoms with E-state index in [2.05, 4.69) is 10.1 Å². The smallest absolute Gasteiger partial charge is 0.246 e. The summed E-state index contributed by atoms with van der Waals surface area (Å²) >= 11 is 0. The lowest BCUT2D eigenvalue weighted by molar-refractivity contribution is -0.136. The van der Waals surface area contributed by atoms with E-state index < -0.39 is 0 Å². The molecule has 116 valence electrons. The third-order valence-electron chi connectivity index (χ3n) is 3.80. The lowest BCUT2D eigenvalue weighted by atomic mass is 9.95. The van der Waals surface area contributed by atoms with Crippen molar-refractivity contribution in [2.45, 2.75) is 26.3 Å². The molecule has 1 aromatic heterocycles. The highest BCUT2D eigenvalue weighted by Crippen LogP contribution is 2.27. The van der Waals surface area contributed by atoms with Gasteiger partial charge in [0.25, 0.3) is 0 Å². The van der Waals surface area contributed by atoms with E-state index in [0.717, 1.165) is 11.3 Å². The van der Waals surface area contributed by atoms with Gasteiger partial charge in [-0.1, -0.05) is 30.3 Å². The molecule has 0 saturated carbocycles. The van der Waals surface area contributed by atoms with Gasteiger partial charge in [-0.2, -0.15) is 4.98 Å². The fraction of sp³-hybridized carbons (Fsp3) is 0.438. The summed E-state index contributed by atoms with van der Waals surface area (Å²) < 4.78 is 10.8. The number of nitrogens with zero attached hydrogens (tertiary/aromatic N) is 3. The number of aryl methyl sites for hydroxylation is 1. The second-order valence-electron chi connectivity index (χ2n) is 5.47. The molecule has 1 aliphatic rings. The van der Waals surface area contributed by atoms with Crippen LogP contribution in [0.2, 0.25) is 0 Å². The standard InChI is InChI=1S/C16H19N3O3/c1-3-14-17-15(22-18-14)9-19(2)16(20)12-8-11-6-4-5-7-13(11)21-10-12/h4-7,12H,3,8-10H2,1-2H3/t12-/m0/s1. The number of rotatable bonds is 4. The van der Waals surface area contributed by atoms with Crippen LogP contribution in [0.25, 0.3) is 0 Å². The number of hydrogen-bond acceptors (Lipinski definition) is 5. The molecule has 0 spiro atoms. The van der Waals surface area contributed by atoms with Gasteiger partial charge in [0.1, 0.15) is 12.4 Å². The van der Waals surface area contributed by atoms with Crippen LogP contribution in [0.3, 0.4) is 0 Å². The number of hydrogen-bond donors (Lipinski definition) is 0. The molecule has 0 unspecified atom stereocenters. The Morgan fingerprint density at radius 1 is 1.41 bits per heavy atom. The lowest BCUT2D eigenvalue weighted by Gasteiger charge is -2.27. The van der Waals surface area contributed by atoms with E-state index in [4.69, 9.17) is 9.26 Å². The quantitative estimate of drug-likeness (QED) is 0.862. The maximum Gasteiger partial charge on any atom is 0.246 e. The van der Waals surface area contributed by atoms with Crippen molar-refractivity contribution in [2.24, 2.45) is 5.92 Å². The second-order valence-corrected chi connectivity index (χ2v) is 5.47. The van der Waals surface area contributed by atoms with Gasteiger partial charge >= 0.3 is 0 Å². The molecule has 0 bridgehead atoms. The Morgan fingerprint density at radius 2 is 2.23 bits per heavy atom. The number of carbonyl (C=O) groups excluding carboxylic acids is 1. The highest BCUT2D eigenvalue weighted by molar-refractivity contribution is 5.79. The highest BCUT2D eigenvalue weighted by atomic mass is 16.5. The molecule has 1 atom stereocenters. The van der Waals surface area contributed by atoms with E-state index in [0.29, 0.717) is 37.7 Å². The summed E-state index contributed by atoms with van der Waals surface area (Å²) in [4.78, 5) is 18.4. The van der Waals surface area contributed by atoms with Gasteiger partial charge in [0.15, 0.2) is 5.82 Å². The minimum absolute atomic E-state index is 0.0331. The number of ether oxygens (including phenoxy) is 1. The van der Waals surface area contributed by atoms with Crippen molar-refractivity contribution < 1.29 is 14.1 Å². The Labute approximate surface area is 129 Å². The Hall–Kier alpha value is -2.37. The Bertz CT molecular complexity index is 668. The van der Waals surface area contributed by atoms with Crippen LogP contribution in [0.15, 0.2) is 28.8 Å². The first kappa shape index (κ1) is 14.6. The van der Waals surface area contributed by atoms with Crippen LogP contribution in [0.4, 0.5) is 0 Å². The van der Waals surface area contributed by atoms with Crippen molar-refractivity contribution in [3.05, 3.63) is 41.5 Å². The minimum Gasteiger partial charge on any atom is -0.492 e. The summed E-state index contributed by atoms with van der Waals surface area (Å²) in [5, 5.41) is 3.84. The van der Waals surface area contributed by atoms with Gasteiger partial charge in [-0.05, 0) is 18.1 Å². The summed E-state index contributed by atoms with van der Waals surface area (Å²) in [5.74, 6) is 1.86. The zero-order valence-corrected chi connectivity index (χ0v) is 12.8. The first-order chi connectivity index (χ1) is 10.7. The molecule has 1 aromatic carbocycles. The second kappa shape index (κ2) is 6.17. The van der Waals surface area contributed by atoms with Gasteiger partial charge in [0, 0.05) is 13.5 Å². The summed E-state index contributed by atoms with van der Waals surface area (Å²) in [6, 6.07) is 7.84. The van der Waals surface area contributed by atoms with Crippen molar-refractivity contribution in [3.8, 4) is 5.75 Å². The van der Waals surface area contributed by atoms with Gasteiger partial charge in [0.2, 0.25) is 11.8 Å². The molecule has 6 heteroatoms. The van der Waals surface area contributed by atoms with Gasteiger partial charge in [-0.15, -0.1) is 0 Å². The largest absolute Gasteiger partial charge is 0.492 e. The predicted molar refractivity (Wildman–Crippen MR) is 79.3 cm³/mol. The van der Waals surface area contributed by atoms with E-state index in [9.17, 15) is 4.79 Å². The zero-order valence-electron chi connectivity index (χ0n) is 12.8. The molecule has 0 saturated heterocycles. The molecule has 0 radical (unpaired) electrons. The van der Waals surface area contributed by atoms with Crippen LogP contribution in [0.1, 0.15) is 24.2 Å². The molecular formula is C16H19N3O3. The summed E-state index contributed by atoms with van der Waals surface area (Å²) in [6.07, 6.45) is 1.41. The van der Waals surface area contributed by atoms with E-state index >= 15 is 0 Å². The Kier molecular flexibility index (Phi) is 4.09. The molecule has 2 heterocycles. The maximum absolute atomic E-state index is 12.5. The number of aromatic nitrogens is 2. The van der Waals surface area contributed by atoms with E-state index in [-0.39, 0.29) is 11.8 Å². The van der Waals surface area contributed by atoms with E-state index in [1.165, 1.54) is 0 Å². The Balaban J connectivity index is 1.64. The number of fused-ring (bicyclic) bond motifs is 1. The third-order valence-corrected chi connectivity index (χ3v) is 3.80. The van der Waals surface area contributed by atoms with Crippen molar-refractivity contribution in [1.29, 1.82) is 0 Å². The van der Waals surface area contributed by atoms with Crippen LogP contribution in [-0.2, 0) is 24.2 Å². The molecule has 1 aliphatic heterocycles. The Morgan fingerprint density at radius 3 is 3.00 bits per heavy atom. The van der Waals surface area contributed by atoms with Crippen LogP contribution < -0.4 is 4.74 Å². The zero-order chi connectivity index (χ0) is 15.5. The molecular weight excluding hydrogens is 282 g/mol. The van der Waals surface area contributed by atoms with Crippen molar-refractivity contribution in [3.63, 3.8) is 0 Å². The minimum atomic E-state index is -0.173. The monoisotopic (exact) mass is 301 g/mol. The van der Waals surface area contributed by atoms with E-state index in [1.807, 2.05) is 31.2 Å². The lowest BCUT2D eigenvalue weighted by Crippen LogP contribution is -2.38. The first-order valence-electron chi connectivity index (χ1n) is 7.44. The third kappa shape index (κ3) is 2.95. The van der Waals surface area contributed by atoms with Gasteiger partial charge in [-0.3, -0.25) is 4.79 Å². The highest BCUT2D eigenvalue weighted by Gasteiger charge is 2.28. The van der Waals surface area contributed by atoms with Crippen LogP contribution in [0.5, 0.6) is 5.75 Å². The molecule has 0 N–H and O–H groups in total. The summed E-state index contributed by atoms with van der Waals surface area (Å²) in [5.41, 5.74) is 1.08. The molecule has 6 nitrogen and oxygen atoms in total. The first-order valence-corrected chi connectivity index (χ1v) is 7.44. The number of benzene rings is 1.